The predicted octanol–water partition coefficient (Wildman–Crippen LogP) is 3.72. The Labute approximate surface area is 156 Å². The summed E-state index contributed by atoms with van der Waals surface area (Å²) in [5.41, 5.74) is 5.38. The smallest absolute Gasteiger partial charge is 0.232 e. The maximum atomic E-state index is 12.3. The van der Waals surface area contributed by atoms with Crippen LogP contribution in [0.15, 0.2) is 36.4 Å². The maximum absolute atomic E-state index is 12.3. The number of benzene rings is 2. The normalized spacial score (nSPS) is 11.3. The standard InChI is InChI=1S/C20H26N2O3S/c1-14-9-10-18(16(3)13-14)21-20(23)11-12-22(26(5,24)25)19-8-6-7-15(2)17(19)4/h6-10,13H,11-12H2,1-5H3,(H,21,23). The van der Waals surface area contributed by atoms with Gasteiger partial charge in [-0.3, -0.25) is 9.10 Å². The average Bonchev–Trinajstić information content (AvgIpc) is 2.53. The molecule has 26 heavy (non-hydrogen) atoms. The molecule has 0 fully saturated rings. The van der Waals surface area contributed by atoms with E-state index in [0.29, 0.717) is 5.69 Å². The van der Waals surface area contributed by atoms with Crippen LogP contribution in [0.3, 0.4) is 0 Å². The number of nitrogens with one attached hydrogen (secondary N) is 1. The zero-order valence-electron chi connectivity index (χ0n) is 16.0. The van der Waals surface area contributed by atoms with Crippen molar-refractivity contribution in [3.05, 3.63) is 58.7 Å². The highest BCUT2D eigenvalue weighted by Gasteiger charge is 2.21. The molecular weight excluding hydrogens is 348 g/mol. The Balaban J connectivity index is 2.15. The van der Waals surface area contributed by atoms with Crippen molar-refractivity contribution < 1.29 is 13.2 Å². The third-order valence-electron chi connectivity index (χ3n) is 4.44. The molecule has 0 unspecified atom stereocenters. The van der Waals surface area contributed by atoms with Crippen LogP contribution in [0.1, 0.15) is 28.7 Å². The number of carbonyl (C=O) groups is 1. The summed E-state index contributed by atoms with van der Waals surface area (Å²) in [5, 5.41) is 2.86. The monoisotopic (exact) mass is 374 g/mol. The number of nitrogens with zero attached hydrogens (tertiary/aromatic N) is 1. The van der Waals surface area contributed by atoms with E-state index in [4.69, 9.17) is 0 Å². The highest BCUT2D eigenvalue weighted by atomic mass is 32.2. The molecule has 0 radical (unpaired) electrons. The average molecular weight is 375 g/mol. The Hall–Kier alpha value is -2.34. The van der Waals surface area contributed by atoms with Gasteiger partial charge in [0, 0.05) is 18.7 Å². The van der Waals surface area contributed by atoms with Crippen LogP contribution < -0.4 is 9.62 Å². The van der Waals surface area contributed by atoms with Crippen molar-refractivity contribution in [1.82, 2.24) is 0 Å². The SMILES string of the molecule is Cc1ccc(NC(=O)CCN(c2cccc(C)c2C)S(C)(=O)=O)c(C)c1. The van der Waals surface area contributed by atoms with Crippen molar-refractivity contribution in [3.8, 4) is 0 Å². The molecule has 1 N–H and O–H groups in total. The topological polar surface area (TPSA) is 66.5 Å². The van der Waals surface area contributed by atoms with Crippen LogP contribution in [-0.4, -0.2) is 27.1 Å². The van der Waals surface area contributed by atoms with Crippen LogP contribution in [0.25, 0.3) is 0 Å². The molecule has 0 saturated carbocycles. The molecule has 0 spiro atoms. The summed E-state index contributed by atoms with van der Waals surface area (Å²) in [6.07, 6.45) is 1.24. The number of carbonyl (C=O) groups excluding carboxylic acids is 1. The van der Waals surface area contributed by atoms with Crippen LogP contribution in [0.5, 0.6) is 0 Å². The van der Waals surface area contributed by atoms with E-state index in [1.807, 2.05) is 58.0 Å². The van der Waals surface area contributed by atoms with Crippen LogP contribution >= 0.6 is 0 Å². The molecule has 1 amide bonds. The van der Waals surface area contributed by atoms with E-state index in [2.05, 4.69) is 5.32 Å². The first-order valence-electron chi connectivity index (χ1n) is 8.50. The third-order valence-corrected chi connectivity index (χ3v) is 5.62. The van der Waals surface area contributed by atoms with E-state index in [9.17, 15) is 13.2 Å². The lowest BCUT2D eigenvalue weighted by Crippen LogP contribution is -2.33. The van der Waals surface area contributed by atoms with Crippen LogP contribution in [0.4, 0.5) is 11.4 Å². The summed E-state index contributed by atoms with van der Waals surface area (Å²) in [4.78, 5) is 12.3. The fourth-order valence-corrected chi connectivity index (χ4v) is 3.82. The summed E-state index contributed by atoms with van der Waals surface area (Å²) in [6, 6.07) is 11.3. The van der Waals surface area contributed by atoms with Gasteiger partial charge in [-0.25, -0.2) is 8.42 Å². The van der Waals surface area contributed by atoms with Crippen molar-refractivity contribution in [1.29, 1.82) is 0 Å². The van der Waals surface area contributed by atoms with E-state index >= 15 is 0 Å². The molecule has 0 bridgehead atoms. The minimum absolute atomic E-state index is 0.0772. The first-order chi connectivity index (χ1) is 12.1. The number of sulfonamides is 1. The quantitative estimate of drug-likeness (QED) is 0.838. The molecule has 140 valence electrons. The maximum Gasteiger partial charge on any atom is 0.232 e. The molecule has 0 aromatic heterocycles. The largest absolute Gasteiger partial charge is 0.326 e. The summed E-state index contributed by atoms with van der Waals surface area (Å²) in [7, 11) is -3.49. The van der Waals surface area contributed by atoms with Crippen molar-refractivity contribution in [2.45, 2.75) is 34.1 Å². The molecule has 5 nitrogen and oxygen atoms in total. The summed E-state index contributed by atoms with van der Waals surface area (Å²) in [5.74, 6) is -0.212. The minimum atomic E-state index is -3.49. The van der Waals surface area contributed by atoms with Crippen molar-refractivity contribution in [2.75, 3.05) is 22.4 Å². The van der Waals surface area contributed by atoms with Gasteiger partial charge < -0.3 is 5.32 Å². The van der Waals surface area contributed by atoms with Gasteiger partial charge in [0.2, 0.25) is 15.9 Å². The third kappa shape index (κ3) is 4.85. The number of rotatable bonds is 6. The zero-order valence-corrected chi connectivity index (χ0v) is 16.8. The van der Waals surface area contributed by atoms with E-state index in [0.717, 1.165) is 34.2 Å². The molecule has 0 aliphatic heterocycles. The molecule has 0 aliphatic rings. The number of hydrogen-bond donors (Lipinski definition) is 1. The van der Waals surface area contributed by atoms with Gasteiger partial charge in [0.1, 0.15) is 0 Å². The number of anilines is 2. The van der Waals surface area contributed by atoms with Crippen LogP contribution in [0.2, 0.25) is 0 Å². The lowest BCUT2D eigenvalue weighted by molar-refractivity contribution is -0.116. The van der Waals surface area contributed by atoms with E-state index < -0.39 is 10.0 Å². The molecule has 0 atom stereocenters. The first-order valence-corrected chi connectivity index (χ1v) is 10.4. The second kappa shape index (κ2) is 7.91. The highest BCUT2D eigenvalue weighted by Crippen LogP contribution is 2.25. The Morgan fingerprint density at radius 2 is 1.73 bits per heavy atom. The van der Waals surface area contributed by atoms with E-state index in [-0.39, 0.29) is 18.9 Å². The lowest BCUT2D eigenvalue weighted by Gasteiger charge is -2.24. The summed E-state index contributed by atoms with van der Waals surface area (Å²) in [6.45, 7) is 7.85. The van der Waals surface area contributed by atoms with Crippen molar-refractivity contribution in [3.63, 3.8) is 0 Å². The Kier molecular flexibility index (Phi) is 6.08. The predicted molar refractivity (Wildman–Crippen MR) is 107 cm³/mol. The number of amides is 1. The van der Waals surface area contributed by atoms with Gasteiger partial charge >= 0.3 is 0 Å². The molecule has 2 aromatic rings. The Bertz CT molecular complexity index is 921. The summed E-state index contributed by atoms with van der Waals surface area (Å²) >= 11 is 0. The fraction of sp³-hybridized carbons (Fsp3) is 0.350. The van der Waals surface area contributed by atoms with Gasteiger partial charge in [-0.1, -0.05) is 29.8 Å². The van der Waals surface area contributed by atoms with Crippen molar-refractivity contribution >= 4 is 27.3 Å². The fourth-order valence-electron chi connectivity index (χ4n) is 2.84. The number of aryl methyl sites for hydroxylation is 3. The van der Waals surface area contributed by atoms with Crippen LogP contribution in [-0.2, 0) is 14.8 Å². The first kappa shape index (κ1) is 20.0. The van der Waals surface area contributed by atoms with Crippen molar-refractivity contribution in [2.24, 2.45) is 0 Å². The zero-order chi connectivity index (χ0) is 19.5. The highest BCUT2D eigenvalue weighted by molar-refractivity contribution is 7.92. The molecule has 2 rings (SSSR count). The number of hydrogen-bond acceptors (Lipinski definition) is 3. The molecule has 2 aromatic carbocycles. The lowest BCUT2D eigenvalue weighted by atomic mass is 10.1. The second-order valence-corrected chi connectivity index (χ2v) is 8.58. The van der Waals surface area contributed by atoms with Gasteiger partial charge in [0.15, 0.2) is 0 Å². The molecule has 0 aliphatic carbocycles. The Morgan fingerprint density at radius 3 is 2.35 bits per heavy atom. The Morgan fingerprint density at radius 1 is 1.04 bits per heavy atom. The molecular formula is C20H26N2O3S. The van der Waals surface area contributed by atoms with Gasteiger partial charge in [-0.2, -0.15) is 0 Å². The second-order valence-electron chi connectivity index (χ2n) is 6.67. The van der Waals surface area contributed by atoms with Gasteiger partial charge in [-0.15, -0.1) is 0 Å². The molecule has 0 saturated heterocycles. The minimum Gasteiger partial charge on any atom is -0.326 e. The molecule has 6 heteroatoms. The van der Waals surface area contributed by atoms with Gasteiger partial charge in [0.25, 0.3) is 0 Å². The van der Waals surface area contributed by atoms with Gasteiger partial charge in [0.05, 0.1) is 11.9 Å². The summed E-state index contributed by atoms with van der Waals surface area (Å²) < 4.78 is 25.8. The van der Waals surface area contributed by atoms with E-state index in [1.165, 1.54) is 4.31 Å². The molecule has 0 heterocycles. The van der Waals surface area contributed by atoms with E-state index in [1.54, 1.807) is 6.07 Å². The van der Waals surface area contributed by atoms with Gasteiger partial charge in [-0.05, 0) is 56.5 Å². The van der Waals surface area contributed by atoms with Crippen LogP contribution in [0, 0.1) is 27.7 Å².